The first-order chi connectivity index (χ1) is 15.6. The summed E-state index contributed by atoms with van der Waals surface area (Å²) in [6, 6.07) is 15.2. The molecule has 6 nitrogen and oxygen atoms in total. The van der Waals surface area contributed by atoms with E-state index in [1.54, 1.807) is 7.11 Å². The second kappa shape index (κ2) is 12.5. The summed E-state index contributed by atoms with van der Waals surface area (Å²) < 4.78 is 10.5. The van der Waals surface area contributed by atoms with E-state index < -0.39 is 18.1 Å². The van der Waals surface area contributed by atoms with E-state index in [0.29, 0.717) is 5.75 Å². The molecule has 1 amide bonds. The van der Waals surface area contributed by atoms with Crippen molar-refractivity contribution in [1.82, 2.24) is 5.32 Å². The topological polar surface area (TPSA) is 84.9 Å². The van der Waals surface area contributed by atoms with E-state index in [-0.39, 0.29) is 12.5 Å². The Balaban J connectivity index is 1.45. The maximum atomic E-state index is 12.4. The molecule has 32 heavy (non-hydrogen) atoms. The monoisotopic (exact) mass is 457 g/mol. The van der Waals surface area contributed by atoms with Gasteiger partial charge < -0.3 is 19.9 Å². The van der Waals surface area contributed by atoms with Crippen LogP contribution < -0.4 is 5.32 Å². The van der Waals surface area contributed by atoms with Crippen LogP contribution in [-0.4, -0.2) is 55.0 Å². The van der Waals surface area contributed by atoms with Crippen LogP contribution in [0, 0.1) is 0 Å². The number of rotatable bonds is 13. The summed E-state index contributed by atoms with van der Waals surface area (Å²) in [6.45, 7) is 0.944. The number of fused-ring (bicyclic) bond motifs is 3. The van der Waals surface area contributed by atoms with Crippen LogP contribution in [0.15, 0.2) is 48.5 Å². The molecule has 2 N–H and O–H groups in total. The number of thioether (sulfide) groups is 1. The highest BCUT2D eigenvalue weighted by molar-refractivity contribution is 7.99. The van der Waals surface area contributed by atoms with Gasteiger partial charge in [0.05, 0.1) is 0 Å². The van der Waals surface area contributed by atoms with Gasteiger partial charge in [0.2, 0.25) is 0 Å². The normalized spacial score (nSPS) is 13.3. The number of nitrogens with one attached hydrogen (secondary N) is 1. The molecular weight excluding hydrogens is 426 g/mol. The molecule has 0 saturated heterocycles. The van der Waals surface area contributed by atoms with Crippen molar-refractivity contribution in [1.29, 1.82) is 0 Å². The third-order valence-electron chi connectivity index (χ3n) is 5.61. The maximum Gasteiger partial charge on any atom is 0.407 e. The zero-order chi connectivity index (χ0) is 22.8. The molecule has 0 radical (unpaired) electrons. The molecule has 3 rings (SSSR count). The number of aliphatic carboxylic acids is 1. The number of hydrogen-bond acceptors (Lipinski definition) is 5. The predicted octanol–water partition coefficient (Wildman–Crippen LogP) is 4.92. The van der Waals surface area contributed by atoms with Crippen LogP contribution in [-0.2, 0) is 14.3 Å². The molecule has 172 valence electrons. The quantitative estimate of drug-likeness (QED) is 0.416. The lowest BCUT2D eigenvalue weighted by molar-refractivity contribution is -0.138. The van der Waals surface area contributed by atoms with Gasteiger partial charge in [0, 0.05) is 25.4 Å². The Kier molecular flexibility index (Phi) is 9.43. The smallest absolute Gasteiger partial charge is 0.407 e. The van der Waals surface area contributed by atoms with Crippen molar-refractivity contribution in [2.75, 3.05) is 31.8 Å². The summed E-state index contributed by atoms with van der Waals surface area (Å²) in [5, 5.41) is 12.0. The van der Waals surface area contributed by atoms with Gasteiger partial charge in [-0.25, -0.2) is 9.59 Å². The zero-order valence-corrected chi connectivity index (χ0v) is 19.2. The van der Waals surface area contributed by atoms with E-state index in [1.807, 2.05) is 36.4 Å². The standard InChI is InChI=1S/C25H31NO5S/c1-30-14-8-2-3-9-15-32-17-23(24(27)28)26-25(29)31-16-22-20-12-6-4-10-18(20)19-11-5-7-13-21(19)22/h4-7,10-13,22-23H,2-3,8-9,14-17H2,1H3,(H,26,29)(H,27,28). The number of carboxylic acid groups (broad SMARTS) is 1. The van der Waals surface area contributed by atoms with Crippen molar-refractivity contribution in [2.24, 2.45) is 0 Å². The molecule has 0 bridgehead atoms. The third kappa shape index (κ3) is 6.50. The van der Waals surface area contributed by atoms with Gasteiger partial charge in [-0.1, -0.05) is 61.4 Å². The molecule has 1 unspecified atom stereocenters. The minimum Gasteiger partial charge on any atom is -0.480 e. The highest BCUT2D eigenvalue weighted by Gasteiger charge is 2.29. The minimum atomic E-state index is -1.05. The Bertz CT molecular complexity index is 858. The molecule has 2 aromatic carbocycles. The molecule has 1 aliphatic carbocycles. The molecule has 0 aromatic heterocycles. The van der Waals surface area contributed by atoms with Gasteiger partial charge in [0.25, 0.3) is 0 Å². The number of benzene rings is 2. The molecule has 1 aliphatic rings. The molecule has 0 fully saturated rings. The average molecular weight is 458 g/mol. The number of methoxy groups -OCH3 is 1. The van der Waals surface area contributed by atoms with Crippen molar-refractivity contribution in [3.63, 3.8) is 0 Å². The van der Waals surface area contributed by atoms with Crippen molar-refractivity contribution in [3.05, 3.63) is 59.7 Å². The number of carbonyl (C=O) groups excluding carboxylic acids is 1. The summed E-state index contributed by atoms with van der Waals surface area (Å²) in [7, 11) is 1.70. The number of ether oxygens (including phenoxy) is 2. The number of carboxylic acids is 1. The highest BCUT2D eigenvalue weighted by atomic mass is 32.2. The van der Waals surface area contributed by atoms with Gasteiger partial charge in [-0.2, -0.15) is 11.8 Å². The SMILES string of the molecule is COCCCCCCSCC(NC(=O)OCC1c2ccccc2-c2ccccc21)C(=O)O. The number of alkyl carbamates (subject to hydrolysis) is 1. The molecule has 1 atom stereocenters. The number of hydrogen-bond donors (Lipinski definition) is 2. The maximum absolute atomic E-state index is 12.4. The van der Waals surface area contributed by atoms with E-state index >= 15 is 0 Å². The fourth-order valence-corrected chi connectivity index (χ4v) is 5.00. The average Bonchev–Trinajstić information content (AvgIpc) is 3.12. The zero-order valence-electron chi connectivity index (χ0n) is 18.4. The lowest BCUT2D eigenvalue weighted by atomic mass is 9.98. The van der Waals surface area contributed by atoms with Crippen LogP contribution in [0.25, 0.3) is 11.1 Å². The minimum absolute atomic E-state index is 0.0519. The fourth-order valence-electron chi connectivity index (χ4n) is 3.96. The number of amides is 1. The molecule has 7 heteroatoms. The summed E-state index contributed by atoms with van der Waals surface area (Å²) in [6.07, 6.45) is 3.57. The number of carbonyl (C=O) groups is 2. The molecule has 0 saturated carbocycles. The fraction of sp³-hybridized carbons (Fsp3) is 0.440. The van der Waals surface area contributed by atoms with Gasteiger partial charge in [-0.3, -0.25) is 0 Å². The molecule has 0 aliphatic heterocycles. The summed E-state index contributed by atoms with van der Waals surface area (Å²) in [4.78, 5) is 23.9. The molecule has 0 spiro atoms. The van der Waals surface area contributed by atoms with Gasteiger partial charge >= 0.3 is 12.1 Å². The number of unbranched alkanes of at least 4 members (excludes halogenated alkanes) is 3. The first-order valence-electron chi connectivity index (χ1n) is 11.0. The Morgan fingerprint density at radius 1 is 1.00 bits per heavy atom. The molecule has 0 heterocycles. The van der Waals surface area contributed by atoms with Crippen molar-refractivity contribution in [2.45, 2.75) is 37.6 Å². The predicted molar refractivity (Wildman–Crippen MR) is 127 cm³/mol. The largest absolute Gasteiger partial charge is 0.480 e. The Morgan fingerprint density at radius 2 is 1.62 bits per heavy atom. The van der Waals surface area contributed by atoms with E-state index in [4.69, 9.17) is 9.47 Å². The van der Waals surface area contributed by atoms with Crippen LogP contribution >= 0.6 is 11.8 Å². The van der Waals surface area contributed by atoms with E-state index in [1.165, 1.54) is 11.8 Å². The highest BCUT2D eigenvalue weighted by Crippen LogP contribution is 2.44. The van der Waals surface area contributed by atoms with E-state index in [2.05, 4.69) is 17.4 Å². The van der Waals surface area contributed by atoms with Crippen LogP contribution in [0.2, 0.25) is 0 Å². The summed E-state index contributed by atoms with van der Waals surface area (Å²) in [5.41, 5.74) is 4.55. The molecular formula is C25H31NO5S. The van der Waals surface area contributed by atoms with Crippen LogP contribution in [0.4, 0.5) is 4.79 Å². The second-order valence-electron chi connectivity index (χ2n) is 7.84. The lowest BCUT2D eigenvalue weighted by Gasteiger charge is -2.17. The van der Waals surface area contributed by atoms with Crippen molar-refractivity contribution < 1.29 is 24.2 Å². The van der Waals surface area contributed by atoms with Crippen LogP contribution in [0.5, 0.6) is 0 Å². The molecule has 2 aromatic rings. The van der Waals surface area contributed by atoms with Gasteiger partial charge in [-0.15, -0.1) is 0 Å². The second-order valence-corrected chi connectivity index (χ2v) is 8.99. The van der Waals surface area contributed by atoms with E-state index in [9.17, 15) is 14.7 Å². The van der Waals surface area contributed by atoms with Crippen molar-refractivity contribution >= 4 is 23.8 Å². The Morgan fingerprint density at radius 3 is 2.25 bits per heavy atom. The first kappa shape index (κ1) is 24.1. The van der Waals surface area contributed by atoms with Crippen LogP contribution in [0.1, 0.15) is 42.7 Å². The van der Waals surface area contributed by atoms with Gasteiger partial charge in [0.15, 0.2) is 0 Å². The first-order valence-corrected chi connectivity index (χ1v) is 12.2. The van der Waals surface area contributed by atoms with Gasteiger partial charge in [-0.05, 0) is 40.8 Å². The Labute approximate surface area is 193 Å². The van der Waals surface area contributed by atoms with Crippen LogP contribution in [0.3, 0.4) is 0 Å². The summed E-state index contributed by atoms with van der Waals surface area (Å²) >= 11 is 1.54. The van der Waals surface area contributed by atoms with Gasteiger partial charge in [0.1, 0.15) is 12.6 Å². The summed E-state index contributed by atoms with van der Waals surface area (Å²) in [5.74, 6) is 0.0794. The third-order valence-corrected chi connectivity index (χ3v) is 6.75. The lowest BCUT2D eigenvalue weighted by Crippen LogP contribution is -2.43. The van der Waals surface area contributed by atoms with E-state index in [0.717, 1.165) is 60.3 Å². The Hall–Kier alpha value is -2.51. The van der Waals surface area contributed by atoms with Crippen molar-refractivity contribution in [3.8, 4) is 11.1 Å².